The molecule has 1 atom stereocenters. The molecule has 0 nitrogen and oxygen atoms in total. The summed E-state index contributed by atoms with van der Waals surface area (Å²) in [5, 5.41) is 0. The molecule has 0 heteroatoms. The quantitative estimate of drug-likeness (QED) is 0.629. The Morgan fingerprint density at radius 3 is 2.53 bits per heavy atom. The molecule has 80 valence electrons. The van der Waals surface area contributed by atoms with E-state index in [2.05, 4.69) is 50.3 Å². The van der Waals surface area contributed by atoms with Gasteiger partial charge in [0.2, 0.25) is 0 Å². The van der Waals surface area contributed by atoms with E-state index < -0.39 is 0 Å². The first kappa shape index (κ1) is 10.5. The van der Waals surface area contributed by atoms with Gasteiger partial charge in [0.05, 0.1) is 0 Å². The van der Waals surface area contributed by atoms with Crippen LogP contribution in [0.3, 0.4) is 0 Å². The van der Waals surface area contributed by atoms with Gasteiger partial charge in [-0.2, -0.15) is 0 Å². The lowest BCUT2D eigenvalue weighted by Crippen LogP contribution is -2.06. The van der Waals surface area contributed by atoms with Crippen molar-refractivity contribution in [3.05, 3.63) is 47.5 Å². The van der Waals surface area contributed by atoms with Gasteiger partial charge in [0.25, 0.3) is 0 Å². The molecule has 15 heavy (non-hydrogen) atoms. The average molecular weight is 200 g/mol. The summed E-state index contributed by atoms with van der Waals surface area (Å²) < 4.78 is 0. The molecule has 1 aliphatic carbocycles. The van der Waals surface area contributed by atoms with Crippen molar-refractivity contribution in [3.63, 3.8) is 0 Å². The largest absolute Gasteiger partial charge is 0.0846 e. The van der Waals surface area contributed by atoms with Crippen LogP contribution in [-0.4, -0.2) is 0 Å². The van der Waals surface area contributed by atoms with Gasteiger partial charge in [-0.1, -0.05) is 62.2 Å². The molecule has 1 aromatic rings. The number of hydrogen-bond donors (Lipinski definition) is 0. The van der Waals surface area contributed by atoms with E-state index in [4.69, 9.17) is 0 Å². The van der Waals surface area contributed by atoms with E-state index in [0.717, 1.165) is 0 Å². The first-order chi connectivity index (χ1) is 7.33. The lowest BCUT2D eigenvalue weighted by Gasteiger charge is -2.14. The van der Waals surface area contributed by atoms with Crippen molar-refractivity contribution >= 4 is 0 Å². The Hall–Kier alpha value is -1.04. The van der Waals surface area contributed by atoms with Crippen molar-refractivity contribution in [2.75, 3.05) is 0 Å². The fourth-order valence-electron chi connectivity index (χ4n) is 2.66. The summed E-state index contributed by atoms with van der Waals surface area (Å²) >= 11 is 0. The van der Waals surface area contributed by atoms with Gasteiger partial charge < -0.3 is 0 Å². The van der Waals surface area contributed by atoms with Crippen LogP contribution in [0.5, 0.6) is 0 Å². The zero-order valence-corrected chi connectivity index (χ0v) is 9.79. The highest BCUT2D eigenvalue weighted by molar-refractivity contribution is 5.49. The highest BCUT2D eigenvalue weighted by Gasteiger charge is 2.48. The van der Waals surface area contributed by atoms with Gasteiger partial charge in [0, 0.05) is 5.41 Å². The van der Waals surface area contributed by atoms with Crippen molar-refractivity contribution in [2.24, 2.45) is 0 Å². The predicted molar refractivity (Wildman–Crippen MR) is 66.0 cm³/mol. The Morgan fingerprint density at radius 1 is 1.20 bits per heavy atom. The van der Waals surface area contributed by atoms with Crippen molar-refractivity contribution in [3.8, 4) is 0 Å². The summed E-state index contributed by atoms with van der Waals surface area (Å²) in [6, 6.07) is 11.0. The van der Waals surface area contributed by atoms with Gasteiger partial charge in [-0.3, -0.25) is 0 Å². The van der Waals surface area contributed by atoms with Crippen LogP contribution in [0.15, 0.2) is 42.0 Å². The second kappa shape index (κ2) is 4.22. The van der Waals surface area contributed by atoms with Crippen molar-refractivity contribution < 1.29 is 0 Å². The molecule has 2 rings (SSSR count). The van der Waals surface area contributed by atoms with E-state index >= 15 is 0 Å². The second-order valence-electron chi connectivity index (χ2n) is 4.51. The van der Waals surface area contributed by atoms with E-state index in [0.29, 0.717) is 5.41 Å². The molecule has 0 radical (unpaired) electrons. The van der Waals surface area contributed by atoms with E-state index in [9.17, 15) is 0 Å². The molecule has 0 saturated heterocycles. The Bertz CT molecular complexity index is 348. The minimum Gasteiger partial charge on any atom is -0.0846 e. The maximum absolute atomic E-state index is 2.42. The first-order valence-electron chi connectivity index (χ1n) is 6.08. The summed E-state index contributed by atoms with van der Waals surface area (Å²) in [5.41, 5.74) is 3.61. The van der Waals surface area contributed by atoms with Crippen LogP contribution in [0.2, 0.25) is 0 Å². The summed E-state index contributed by atoms with van der Waals surface area (Å²) in [4.78, 5) is 0. The topological polar surface area (TPSA) is 0 Å². The molecule has 0 aliphatic heterocycles. The van der Waals surface area contributed by atoms with Crippen molar-refractivity contribution in [2.45, 2.75) is 44.9 Å². The highest BCUT2D eigenvalue weighted by atomic mass is 14.5. The van der Waals surface area contributed by atoms with Crippen molar-refractivity contribution in [1.29, 1.82) is 0 Å². The zero-order chi connectivity index (χ0) is 10.7. The van der Waals surface area contributed by atoms with E-state index in [1.54, 1.807) is 5.57 Å². The van der Waals surface area contributed by atoms with E-state index in [-0.39, 0.29) is 0 Å². The van der Waals surface area contributed by atoms with Crippen LogP contribution in [0, 0.1) is 0 Å². The minimum atomic E-state index is 0.423. The van der Waals surface area contributed by atoms with E-state index in [1.165, 1.54) is 31.2 Å². The van der Waals surface area contributed by atoms with Crippen LogP contribution in [0.1, 0.15) is 45.1 Å². The lowest BCUT2D eigenvalue weighted by atomic mass is 9.90. The van der Waals surface area contributed by atoms with Crippen LogP contribution in [0.4, 0.5) is 0 Å². The molecule has 0 N–H and O–H groups in total. The van der Waals surface area contributed by atoms with Gasteiger partial charge in [-0.05, 0) is 24.8 Å². The third kappa shape index (κ3) is 1.86. The Kier molecular flexibility index (Phi) is 2.95. The van der Waals surface area contributed by atoms with Gasteiger partial charge in [-0.15, -0.1) is 0 Å². The molecule has 1 aromatic carbocycles. The molecule has 0 unspecified atom stereocenters. The summed E-state index contributed by atoms with van der Waals surface area (Å²) in [5.74, 6) is 0. The number of rotatable bonds is 4. The van der Waals surface area contributed by atoms with Gasteiger partial charge in [-0.25, -0.2) is 0 Å². The molecule has 0 amide bonds. The summed E-state index contributed by atoms with van der Waals surface area (Å²) in [6.07, 6.45) is 7.47. The normalized spacial score (nSPS) is 26.9. The van der Waals surface area contributed by atoms with Gasteiger partial charge in [0.1, 0.15) is 0 Å². The molecular weight excluding hydrogens is 180 g/mol. The average Bonchev–Trinajstić information content (AvgIpc) is 2.95. The highest BCUT2D eigenvalue weighted by Crippen LogP contribution is 2.57. The molecule has 0 bridgehead atoms. The second-order valence-corrected chi connectivity index (χ2v) is 4.51. The summed E-state index contributed by atoms with van der Waals surface area (Å²) in [6.45, 7) is 4.51. The molecule has 1 fully saturated rings. The monoisotopic (exact) mass is 200 g/mol. The molecule has 0 aromatic heterocycles. The fraction of sp³-hybridized carbons (Fsp3) is 0.467. The first-order valence-corrected chi connectivity index (χ1v) is 6.08. The van der Waals surface area contributed by atoms with Crippen LogP contribution in [0.25, 0.3) is 0 Å². The van der Waals surface area contributed by atoms with Gasteiger partial charge in [0.15, 0.2) is 0 Å². The molecular formula is C15H20. The maximum atomic E-state index is 2.42. The standard InChI is InChI=1S/C15H20/c1-3-8-14-12-15(14,11-4-2)13-9-6-5-7-10-13/h5-10H,3-4,11-12H2,1-2H3/b14-8+/t15-/m0/s1. The molecule has 1 aliphatic rings. The third-order valence-electron chi connectivity index (χ3n) is 3.44. The Morgan fingerprint density at radius 2 is 1.93 bits per heavy atom. The van der Waals surface area contributed by atoms with Crippen molar-refractivity contribution in [1.82, 2.24) is 0 Å². The third-order valence-corrected chi connectivity index (χ3v) is 3.44. The lowest BCUT2D eigenvalue weighted by molar-refractivity contribution is 0.628. The predicted octanol–water partition coefficient (Wildman–Crippen LogP) is 4.46. The number of allylic oxidation sites excluding steroid dienone is 2. The summed E-state index contributed by atoms with van der Waals surface area (Å²) in [7, 11) is 0. The Labute approximate surface area is 93.0 Å². The SMILES string of the molecule is CC/C=C1\C[C@@]1(CCC)c1ccccc1. The van der Waals surface area contributed by atoms with Crippen LogP contribution in [-0.2, 0) is 5.41 Å². The molecule has 0 heterocycles. The number of hydrogen-bond acceptors (Lipinski definition) is 0. The maximum Gasteiger partial charge on any atom is 0.0199 e. The molecule has 0 spiro atoms. The smallest absolute Gasteiger partial charge is 0.0199 e. The number of benzene rings is 1. The molecule has 1 saturated carbocycles. The fourth-order valence-corrected chi connectivity index (χ4v) is 2.66. The van der Waals surface area contributed by atoms with Gasteiger partial charge >= 0.3 is 0 Å². The van der Waals surface area contributed by atoms with E-state index in [1.807, 2.05) is 0 Å². The zero-order valence-electron chi connectivity index (χ0n) is 9.79. The minimum absolute atomic E-state index is 0.423. The van der Waals surface area contributed by atoms with Crippen LogP contribution < -0.4 is 0 Å². The van der Waals surface area contributed by atoms with Crippen LogP contribution >= 0.6 is 0 Å². The Balaban J connectivity index is 2.27.